The summed E-state index contributed by atoms with van der Waals surface area (Å²) < 4.78 is 13.7. The lowest BCUT2D eigenvalue weighted by molar-refractivity contribution is 0.618. The molecule has 0 aromatic heterocycles. The lowest BCUT2D eigenvalue weighted by Gasteiger charge is -2.05. The fourth-order valence-corrected chi connectivity index (χ4v) is 2.74. The summed E-state index contributed by atoms with van der Waals surface area (Å²) in [6, 6.07) is 13.0. The minimum absolute atomic E-state index is 0.172. The van der Waals surface area contributed by atoms with E-state index in [-0.39, 0.29) is 10.8 Å². The molecule has 0 spiro atoms. The third-order valence-electron chi connectivity index (χ3n) is 2.50. The molecule has 0 aliphatic carbocycles. The monoisotopic (exact) mass is 300 g/mol. The molecule has 94 valence electrons. The van der Waals surface area contributed by atoms with Gasteiger partial charge in [-0.3, -0.25) is 0 Å². The average Bonchev–Trinajstić information content (AvgIpc) is 2.41. The van der Waals surface area contributed by atoms with Crippen molar-refractivity contribution in [1.29, 1.82) is 0 Å². The van der Waals surface area contributed by atoms with Crippen LogP contribution in [0.15, 0.2) is 47.4 Å². The van der Waals surface area contributed by atoms with E-state index in [1.54, 1.807) is 30.0 Å². The minimum atomic E-state index is -0.330. The van der Waals surface area contributed by atoms with Crippen molar-refractivity contribution in [3.8, 4) is 0 Å². The Morgan fingerprint density at radius 3 is 2.44 bits per heavy atom. The predicted molar refractivity (Wildman–Crippen MR) is 77.0 cm³/mol. The van der Waals surface area contributed by atoms with E-state index in [2.05, 4.69) is 0 Å². The van der Waals surface area contributed by atoms with Crippen LogP contribution in [-0.4, -0.2) is 0 Å². The van der Waals surface area contributed by atoms with Crippen LogP contribution in [0.3, 0.4) is 0 Å². The highest BCUT2D eigenvalue weighted by molar-refractivity contribution is 7.98. The van der Waals surface area contributed by atoms with Gasteiger partial charge in [-0.05, 0) is 29.3 Å². The van der Waals surface area contributed by atoms with Crippen LogP contribution in [-0.2, 0) is 11.6 Å². The van der Waals surface area contributed by atoms with Gasteiger partial charge in [0.2, 0.25) is 0 Å². The highest BCUT2D eigenvalue weighted by atomic mass is 35.5. The van der Waals surface area contributed by atoms with Crippen LogP contribution in [0.4, 0.5) is 4.39 Å². The highest BCUT2D eigenvalue weighted by Crippen LogP contribution is 2.27. The Hall–Kier alpha value is -0.700. The molecule has 0 saturated carbocycles. The Labute approximate surface area is 120 Å². The third-order valence-corrected chi connectivity index (χ3v) is 4.16. The first-order valence-electron chi connectivity index (χ1n) is 5.41. The molecule has 0 nitrogen and oxygen atoms in total. The Morgan fingerprint density at radius 2 is 1.78 bits per heavy atom. The minimum Gasteiger partial charge on any atom is -0.205 e. The lowest BCUT2D eigenvalue weighted by Crippen LogP contribution is -1.88. The number of benzene rings is 2. The van der Waals surface area contributed by atoms with Gasteiger partial charge in [0, 0.05) is 16.5 Å². The van der Waals surface area contributed by atoms with Crippen molar-refractivity contribution in [2.75, 3.05) is 0 Å². The Kier molecular flexibility index (Phi) is 4.93. The van der Waals surface area contributed by atoms with Gasteiger partial charge in [0.25, 0.3) is 0 Å². The third kappa shape index (κ3) is 3.41. The molecule has 0 N–H and O–H groups in total. The molecule has 0 atom stereocenters. The van der Waals surface area contributed by atoms with Crippen LogP contribution in [0, 0.1) is 5.82 Å². The topological polar surface area (TPSA) is 0 Å². The lowest BCUT2D eigenvalue weighted by atomic mass is 10.2. The molecule has 0 fully saturated rings. The van der Waals surface area contributed by atoms with Crippen LogP contribution in [0.2, 0.25) is 5.02 Å². The first kappa shape index (κ1) is 13.7. The number of hydrogen-bond donors (Lipinski definition) is 0. The van der Waals surface area contributed by atoms with E-state index >= 15 is 0 Å². The van der Waals surface area contributed by atoms with Crippen molar-refractivity contribution < 1.29 is 4.39 Å². The van der Waals surface area contributed by atoms with Gasteiger partial charge in [-0.2, -0.15) is 0 Å². The molecular weight excluding hydrogens is 290 g/mol. The van der Waals surface area contributed by atoms with Crippen LogP contribution >= 0.6 is 35.0 Å². The fourth-order valence-electron chi connectivity index (χ4n) is 1.50. The molecule has 0 amide bonds. The Bertz CT molecular complexity index is 526. The van der Waals surface area contributed by atoms with E-state index in [9.17, 15) is 4.39 Å². The van der Waals surface area contributed by atoms with E-state index < -0.39 is 0 Å². The molecule has 0 aliphatic heterocycles. The molecule has 0 heterocycles. The maximum absolute atomic E-state index is 13.7. The summed E-state index contributed by atoms with van der Waals surface area (Å²) >= 11 is 13.0. The van der Waals surface area contributed by atoms with Crippen molar-refractivity contribution in [1.82, 2.24) is 0 Å². The normalized spacial score (nSPS) is 10.6. The van der Waals surface area contributed by atoms with Gasteiger partial charge in [0.05, 0.1) is 5.02 Å². The zero-order valence-electron chi connectivity index (χ0n) is 9.50. The molecule has 0 saturated heterocycles. The molecule has 0 radical (unpaired) electrons. The maximum atomic E-state index is 13.7. The predicted octanol–water partition coefficient (Wildman–Crippen LogP) is 5.51. The second-order valence-corrected chi connectivity index (χ2v) is 5.50. The van der Waals surface area contributed by atoms with Crippen LogP contribution in [0.1, 0.15) is 11.1 Å². The first-order valence-corrected chi connectivity index (χ1v) is 7.31. The van der Waals surface area contributed by atoms with Gasteiger partial charge < -0.3 is 0 Å². The van der Waals surface area contributed by atoms with Crippen molar-refractivity contribution in [2.45, 2.75) is 16.5 Å². The number of thioether (sulfide) groups is 1. The number of alkyl halides is 1. The average molecular weight is 301 g/mol. The quantitative estimate of drug-likeness (QED) is 0.530. The van der Waals surface area contributed by atoms with E-state index in [1.807, 2.05) is 24.3 Å². The van der Waals surface area contributed by atoms with Crippen molar-refractivity contribution in [2.24, 2.45) is 0 Å². The van der Waals surface area contributed by atoms with E-state index in [0.29, 0.717) is 17.2 Å². The van der Waals surface area contributed by atoms with E-state index in [1.165, 1.54) is 0 Å². The summed E-state index contributed by atoms with van der Waals surface area (Å²) in [5.74, 6) is 0.740. The summed E-state index contributed by atoms with van der Waals surface area (Å²) in [5.41, 5.74) is 1.70. The number of hydrogen-bond acceptors (Lipinski definition) is 1. The summed E-state index contributed by atoms with van der Waals surface area (Å²) in [5, 5.41) is 0.172. The molecule has 2 aromatic rings. The second kappa shape index (κ2) is 6.46. The first-order chi connectivity index (χ1) is 8.70. The summed E-state index contributed by atoms with van der Waals surface area (Å²) in [4.78, 5) is 1.09. The number of rotatable bonds is 4. The molecule has 18 heavy (non-hydrogen) atoms. The Balaban J connectivity index is 2.04. The smallest absolute Gasteiger partial charge is 0.145 e. The van der Waals surface area contributed by atoms with Gasteiger partial charge in [-0.15, -0.1) is 23.4 Å². The molecule has 0 unspecified atom stereocenters. The van der Waals surface area contributed by atoms with Gasteiger partial charge in [0.15, 0.2) is 0 Å². The zero-order chi connectivity index (χ0) is 13.0. The van der Waals surface area contributed by atoms with Gasteiger partial charge in [-0.1, -0.05) is 35.9 Å². The second-order valence-electron chi connectivity index (χ2n) is 3.78. The summed E-state index contributed by atoms with van der Waals surface area (Å²) in [6.07, 6.45) is 0. The van der Waals surface area contributed by atoms with E-state index in [0.717, 1.165) is 10.5 Å². The maximum Gasteiger partial charge on any atom is 0.145 e. The standard InChI is InChI=1S/C14H11Cl2FS/c15-8-10-4-6-12(7-5-10)18-9-11-2-1-3-13(16)14(11)17/h1-7H,8-9H2. The SMILES string of the molecule is Fc1c(Cl)cccc1CSc1ccc(CCl)cc1. The van der Waals surface area contributed by atoms with Crippen LogP contribution < -0.4 is 0 Å². The molecular formula is C14H11Cl2FS. The number of halogens is 3. The van der Waals surface area contributed by atoms with Crippen LogP contribution in [0.25, 0.3) is 0 Å². The molecule has 0 bridgehead atoms. The molecule has 0 aliphatic rings. The van der Waals surface area contributed by atoms with E-state index in [4.69, 9.17) is 23.2 Å². The highest BCUT2D eigenvalue weighted by Gasteiger charge is 2.06. The molecule has 4 heteroatoms. The van der Waals surface area contributed by atoms with Gasteiger partial charge in [0.1, 0.15) is 5.82 Å². The van der Waals surface area contributed by atoms with Gasteiger partial charge in [-0.25, -0.2) is 4.39 Å². The largest absolute Gasteiger partial charge is 0.205 e. The summed E-state index contributed by atoms with van der Waals surface area (Å²) in [6.45, 7) is 0. The molecule has 2 rings (SSSR count). The van der Waals surface area contributed by atoms with Crippen molar-refractivity contribution >= 4 is 35.0 Å². The summed E-state index contributed by atoms with van der Waals surface area (Å²) in [7, 11) is 0. The zero-order valence-corrected chi connectivity index (χ0v) is 11.8. The van der Waals surface area contributed by atoms with Crippen molar-refractivity contribution in [3.05, 3.63) is 64.4 Å². The molecule has 2 aromatic carbocycles. The fraction of sp³-hybridized carbons (Fsp3) is 0.143. The van der Waals surface area contributed by atoms with Crippen molar-refractivity contribution in [3.63, 3.8) is 0 Å². The Morgan fingerprint density at radius 1 is 1.06 bits per heavy atom. The van der Waals surface area contributed by atoms with Gasteiger partial charge >= 0.3 is 0 Å². The van der Waals surface area contributed by atoms with Crippen LogP contribution in [0.5, 0.6) is 0 Å².